The van der Waals surface area contributed by atoms with Crippen LogP contribution in [-0.2, 0) is 4.79 Å². The maximum absolute atomic E-state index is 13.4. The van der Waals surface area contributed by atoms with Crippen molar-refractivity contribution in [2.24, 2.45) is 5.10 Å². The Balaban J connectivity index is 1.76. The van der Waals surface area contributed by atoms with Crippen molar-refractivity contribution in [3.8, 4) is 11.1 Å². The predicted molar refractivity (Wildman–Crippen MR) is 127 cm³/mol. The highest BCUT2D eigenvalue weighted by atomic mass is 79.9. The van der Waals surface area contributed by atoms with Crippen LogP contribution in [0, 0.1) is 0 Å². The number of nitrogens with one attached hydrogen (secondary N) is 1. The van der Waals surface area contributed by atoms with Crippen molar-refractivity contribution in [3.63, 3.8) is 0 Å². The second kappa shape index (κ2) is 8.24. The first-order chi connectivity index (χ1) is 15.6. The molecule has 160 valence electrons. The molecule has 32 heavy (non-hydrogen) atoms. The zero-order chi connectivity index (χ0) is 22.2. The lowest BCUT2D eigenvalue weighted by Gasteiger charge is -2.18. The van der Waals surface area contributed by atoms with Gasteiger partial charge in [0.1, 0.15) is 11.8 Å². The number of hydrazone groups is 1. The molecule has 0 spiro atoms. The number of pyridine rings is 1. The van der Waals surface area contributed by atoms with Gasteiger partial charge >= 0.3 is 0 Å². The van der Waals surface area contributed by atoms with E-state index in [1.807, 2.05) is 54.6 Å². The Morgan fingerprint density at radius 2 is 1.97 bits per heavy atom. The van der Waals surface area contributed by atoms with E-state index in [1.165, 1.54) is 5.01 Å². The van der Waals surface area contributed by atoms with Gasteiger partial charge in [-0.2, -0.15) is 5.10 Å². The predicted octanol–water partition coefficient (Wildman–Crippen LogP) is 5.64. The molecule has 3 heterocycles. The Kier molecular flexibility index (Phi) is 5.27. The van der Waals surface area contributed by atoms with Gasteiger partial charge in [-0.05, 0) is 35.9 Å². The summed E-state index contributed by atoms with van der Waals surface area (Å²) in [5, 5.41) is 7.00. The second-order valence-corrected chi connectivity index (χ2v) is 8.55. The van der Waals surface area contributed by atoms with Gasteiger partial charge in [0.2, 0.25) is 5.91 Å². The van der Waals surface area contributed by atoms with Crippen LogP contribution >= 0.6 is 15.9 Å². The molecule has 4 aromatic rings. The highest BCUT2D eigenvalue weighted by Gasteiger charge is 2.36. The van der Waals surface area contributed by atoms with E-state index in [1.54, 1.807) is 19.3 Å². The highest BCUT2D eigenvalue weighted by molar-refractivity contribution is 9.10. The number of amides is 1. The third kappa shape index (κ3) is 3.48. The van der Waals surface area contributed by atoms with E-state index in [9.17, 15) is 9.59 Å². The number of rotatable bonds is 4. The van der Waals surface area contributed by atoms with Gasteiger partial charge in [0.25, 0.3) is 5.56 Å². The number of aromatic nitrogens is 1. The minimum atomic E-state index is -0.381. The van der Waals surface area contributed by atoms with Gasteiger partial charge in [-0.15, -0.1) is 0 Å². The lowest BCUT2D eigenvalue weighted by Crippen LogP contribution is -2.25. The smallest absolute Gasteiger partial charge is 0.258 e. The van der Waals surface area contributed by atoms with Crippen LogP contribution in [0.1, 0.15) is 37.1 Å². The molecule has 7 heteroatoms. The number of hydrogen-bond acceptors (Lipinski definition) is 4. The molecule has 1 atom stereocenters. The van der Waals surface area contributed by atoms with Crippen molar-refractivity contribution in [1.82, 2.24) is 9.99 Å². The third-order valence-corrected chi connectivity index (χ3v) is 6.16. The molecule has 0 radical (unpaired) electrons. The van der Waals surface area contributed by atoms with Crippen molar-refractivity contribution in [1.29, 1.82) is 0 Å². The number of fused-ring (bicyclic) bond motifs is 1. The first kappa shape index (κ1) is 20.5. The number of carbonyl (C=O) groups is 1. The summed E-state index contributed by atoms with van der Waals surface area (Å²) in [4.78, 5) is 29.0. The summed E-state index contributed by atoms with van der Waals surface area (Å²) in [6, 6.07) is 18.8. The number of hydrogen-bond donors (Lipinski definition) is 1. The van der Waals surface area contributed by atoms with Crippen LogP contribution in [0.4, 0.5) is 0 Å². The Morgan fingerprint density at radius 1 is 1.16 bits per heavy atom. The maximum atomic E-state index is 13.4. The normalized spacial score (nSPS) is 15.9. The topological polar surface area (TPSA) is 78.7 Å². The Morgan fingerprint density at radius 3 is 2.69 bits per heavy atom. The molecule has 5 rings (SSSR count). The van der Waals surface area contributed by atoms with Gasteiger partial charge in [-0.1, -0.05) is 53.2 Å². The fourth-order valence-corrected chi connectivity index (χ4v) is 4.56. The molecule has 0 aliphatic carbocycles. The van der Waals surface area contributed by atoms with Gasteiger partial charge in [0.05, 0.1) is 17.5 Å². The number of aromatic amines is 1. The van der Waals surface area contributed by atoms with Crippen LogP contribution in [0.2, 0.25) is 0 Å². The summed E-state index contributed by atoms with van der Waals surface area (Å²) in [7, 11) is 0. The van der Waals surface area contributed by atoms with E-state index < -0.39 is 0 Å². The van der Waals surface area contributed by atoms with Crippen LogP contribution in [0.5, 0.6) is 0 Å². The molecule has 0 saturated carbocycles. The van der Waals surface area contributed by atoms with Crippen LogP contribution < -0.4 is 5.56 Å². The molecule has 0 saturated heterocycles. The van der Waals surface area contributed by atoms with E-state index in [0.717, 1.165) is 26.5 Å². The minimum absolute atomic E-state index is 0.123. The zero-order valence-electron chi connectivity index (χ0n) is 17.3. The lowest BCUT2D eigenvalue weighted by molar-refractivity contribution is -0.133. The maximum Gasteiger partial charge on any atom is 0.258 e. The standard InChI is InChI=1S/C25H20BrN3O3/c1-2-22(30)29-20(21-9-6-12-32-21)14-19(28-29)24-23(15-7-4-3-5-8-15)17-13-16(26)10-11-18(17)27-25(24)31/h3-13,20H,2,14H2,1H3,(H,27,31)/t20-/m0/s1. The third-order valence-electron chi connectivity index (χ3n) is 5.67. The van der Waals surface area contributed by atoms with Crippen LogP contribution in [-0.4, -0.2) is 21.6 Å². The summed E-state index contributed by atoms with van der Waals surface area (Å²) in [6.45, 7) is 1.80. The van der Waals surface area contributed by atoms with Crippen molar-refractivity contribution in [2.75, 3.05) is 0 Å². The van der Waals surface area contributed by atoms with Gasteiger partial charge in [-0.25, -0.2) is 5.01 Å². The number of H-pyrrole nitrogens is 1. The summed E-state index contributed by atoms with van der Waals surface area (Å²) < 4.78 is 6.51. The first-order valence-corrected chi connectivity index (χ1v) is 11.2. The largest absolute Gasteiger partial charge is 0.467 e. The van der Waals surface area contributed by atoms with Gasteiger partial charge in [0, 0.05) is 33.8 Å². The molecular weight excluding hydrogens is 470 g/mol. The number of furan rings is 1. The average Bonchev–Trinajstić information content (AvgIpc) is 3.48. The first-order valence-electron chi connectivity index (χ1n) is 10.4. The zero-order valence-corrected chi connectivity index (χ0v) is 18.9. The summed E-state index contributed by atoms with van der Waals surface area (Å²) >= 11 is 3.55. The fraction of sp³-hybridized carbons (Fsp3) is 0.160. The van der Waals surface area contributed by atoms with E-state index >= 15 is 0 Å². The molecule has 6 nitrogen and oxygen atoms in total. The molecule has 0 unspecified atom stereocenters. The van der Waals surface area contributed by atoms with Crippen LogP contribution in [0.25, 0.3) is 22.0 Å². The number of nitrogens with zero attached hydrogens (tertiary/aromatic N) is 2. The van der Waals surface area contributed by atoms with E-state index in [0.29, 0.717) is 29.9 Å². The van der Waals surface area contributed by atoms with Crippen LogP contribution in [0.15, 0.2) is 85.7 Å². The van der Waals surface area contributed by atoms with Crippen LogP contribution in [0.3, 0.4) is 0 Å². The monoisotopic (exact) mass is 489 g/mol. The van der Waals surface area contributed by atoms with E-state index in [2.05, 4.69) is 26.0 Å². The van der Waals surface area contributed by atoms with E-state index in [-0.39, 0.29) is 17.5 Å². The van der Waals surface area contributed by atoms with E-state index in [4.69, 9.17) is 4.42 Å². The molecule has 0 bridgehead atoms. The fourth-order valence-electron chi connectivity index (χ4n) is 4.20. The molecule has 1 N–H and O–H groups in total. The molecule has 2 aromatic carbocycles. The van der Waals surface area contributed by atoms with Crippen molar-refractivity contribution in [2.45, 2.75) is 25.8 Å². The number of carbonyl (C=O) groups excluding carboxylic acids is 1. The Labute approximate surface area is 192 Å². The van der Waals surface area contributed by atoms with Gasteiger partial charge in [-0.3, -0.25) is 9.59 Å². The molecule has 1 amide bonds. The summed E-state index contributed by atoms with van der Waals surface area (Å²) in [6.07, 6.45) is 2.28. The van der Waals surface area contributed by atoms with Crippen molar-refractivity contribution < 1.29 is 9.21 Å². The Hall–Kier alpha value is -3.45. The highest BCUT2D eigenvalue weighted by Crippen LogP contribution is 2.37. The number of halogens is 1. The Bertz CT molecular complexity index is 1390. The average molecular weight is 490 g/mol. The second-order valence-electron chi connectivity index (χ2n) is 7.63. The summed E-state index contributed by atoms with van der Waals surface area (Å²) in [5.41, 5.74) is 3.26. The molecule has 2 aromatic heterocycles. The summed E-state index contributed by atoms with van der Waals surface area (Å²) in [5.74, 6) is 0.523. The molecule has 1 aliphatic rings. The SMILES string of the molecule is CCC(=O)N1N=C(c2c(-c3ccccc3)c3cc(Br)ccc3[nH]c2=O)C[C@H]1c1ccco1. The van der Waals surface area contributed by atoms with Crippen molar-refractivity contribution in [3.05, 3.63) is 93.1 Å². The van der Waals surface area contributed by atoms with Gasteiger partial charge in [0.15, 0.2) is 0 Å². The quantitative estimate of drug-likeness (QED) is 0.402. The molecule has 0 fully saturated rings. The molecule has 1 aliphatic heterocycles. The minimum Gasteiger partial charge on any atom is -0.467 e. The lowest BCUT2D eigenvalue weighted by atomic mass is 9.92. The van der Waals surface area contributed by atoms with Gasteiger partial charge < -0.3 is 9.40 Å². The van der Waals surface area contributed by atoms with Crippen molar-refractivity contribution >= 4 is 38.5 Å². The molecular formula is C25H20BrN3O3. The number of benzene rings is 2.